The topological polar surface area (TPSA) is 29.5 Å². The Hall–Kier alpha value is 0.460. The van der Waals surface area contributed by atoms with Crippen LogP contribution in [0.2, 0.25) is 0 Å². The number of nitrogens with zero attached hydrogens (tertiary/aromatic N) is 1. The van der Waals surface area contributed by atoms with Crippen molar-refractivity contribution in [3.63, 3.8) is 0 Å². The van der Waals surface area contributed by atoms with E-state index in [-0.39, 0.29) is 37.0 Å². The van der Waals surface area contributed by atoms with Crippen LogP contribution in [0, 0.1) is 0 Å². The molecule has 0 radical (unpaired) electrons. The van der Waals surface area contributed by atoms with Gasteiger partial charge in [-0.25, -0.2) is 4.79 Å². The maximum atomic E-state index is 11.1. The fourth-order valence-electron chi connectivity index (χ4n) is 0.634. The first-order valence-electron chi connectivity index (χ1n) is 4.12. The molecule has 0 N–H and O–H groups in total. The van der Waals surface area contributed by atoms with E-state index in [0.717, 1.165) is 6.54 Å². The zero-order valence-electron chi connectivity index (χ0n) is 10.3. The number of ether oxygens (including phenoxy) is 1. The van der Waals surface area contributed by atoms with Crippen LogP contribution in [0.3, 0.4) is 0 Å². The molecule has 0 atom stereocenters. The average Bonchev–Trinajstić information content (AvgIpc) is 2.04. The summed E-state index contributed by atoms with van der Waals surface area (Å²) >= 11 is 5.43. The fraction of sp³-hybridized carbons (Fsp3) is 0.667. The Morgan fingerprint density at radius 2 is 2.14 bits per heavy atom. The van der Waals surface area contributed by atoms with Gasteiger partial charge in [-0.2, -0.15) is 0 Å². The number of hydrogen-bond donors (Lipinski definition) is 0. The summed E-state index contributed by atoms with van der Waals surface area (Å²) in [6.07, 6.45) is 1.64. The van der Waals surface area contributed by atoms with Crippen molar-refractivity contribution in [2.75, 3.05) is 33.1 Å². The van der Waals surface area contributed by atoms with Gasteiger partial charge >= 0.3 is 35.5 Å². The van der Waals surface area contributed by atoms with Gasteiger partial charge in [0.1, 0.15) is 6.61 Å². The van der Waals surface area contributed by atoms with Gasteiger partial charge in [0, 0.05) is 18.0 Å². The fourth-order valence-corrected chi connectivity index (χ4v) is 0.865. The quantitative estimate of drug-likeness (QED) is 0.246. The minimum absolute atomic E-state index is 0. The van der Waals surface area contributed by atoms with E-state index in [0.29, 0.717) is 18.1 Å². The van der Waals surface area contributed by atoms with Crippen molar-refractivity contribution >= 4 is 17.6 Å². The van der Waals surface area contributed by atoms with Crippen molar-refractivity contribution in [2.45, 2.75) is 6.92 Å². The molecule has 0 spiro atoms. The van der Waals surface area contributed by atoms with Crippen molar-refractivity contribution in [2.24, 2.45) is 0 Å². The summed E-state index contributed by atoms with van der Waals surface area (Å²) in [5, 5.41) is 0. The summed E-state index contributed by atoms with van der Waals surface area (Å²) in [4.78, 5) is 13.1. The van der Waals surface area contributed by atoms with Crippen molar-refractivity contribution in [3.8, 4) is 0 Å². The molecule has 5 heteroatoms. The van der Waals surface area contributed by atoms with Gasteiger partial charge in [0.25, 0.3) is 0 Å². The third kappa shape index (κ3) is 9.03. The van der Waals surface area contributed by atoms with E-state index in [2.05, 4.69) is 0 Å². The van der Waals surface area contributed by atoms with Gasteiger partial charge in [0.05, 0.1) is 0 Å². The third-order valence-corrected chi connectivity index (χ3v) is 1.63. The standard InChI is InChI=1S/C9H16ClNO2.Na.H/c1-8(4-5-10)9(12)13-7-6-11(2)3;;/h4H,5-7H2,1-3H3;;/q;+1;-1. The molecular formula is C9H17ClNNaO2. The number of rotatable bonds is 5. The first-order chi connectivity index (χ1) is 6.07. The predicted octanol–water partition coefficient (Wildman–Crippen LogP) is -1.61. The molecule has 0 amide bonds. The molecule has 0 aliphatic carbocycles. The van der Waals surface area contributed by atoms with Crippen molar-refractivity contribution in [1.82, 2.24) is 4.90 Å². The van der Waals surface area contributed by atoms with E-state index < -0.39 is 0 Å². The number of halogens is 1. The summed E-state index contributed by atoms with van der Waals surface area (Å²) < 4.78 is 4.96. The second kappa shape index (κ2) is 9.99. The molecule has 0 bridgehead atoms. The molecule has 0 rings (SSSR count). The number of allylic oxidation sites excluding steroid dienone is 1. The number of esters is 1. The number of alkyl halides is 1. The van der Waals surface area contributed by atoms with Crippen molar-refractivity contribution in [3.05, 3.63) is 11.6 Å². The molecule has 78 valence electrons. The Morgan fingerprint density at radius 1 is 1.57 bits per heavy atom. The van der Waals surface area contributed by atoms with Gasteiger partial charge in [-0.05, 0) is 21.0 Å². The van der Waals surface area contributed by atoms with Crippen LogP contribution in [0.15, 0.2) is 11.6 Å². The number of hydrogen-bond acceptors (Lipinski definition) is 3. The molecule has 14 heavy (non-hydrogen) atoms. The normalized spacial score (nSPS) is 11.1. The van der Waals surface area contributed by atoms with Crippen molar-refractivity contribution in [1.29, 1.82) is 0 Å². The molecule has 0 aromatic rings. The number of carbonyl (C=O) groups excluding carboxylic acids is 1. The SMILES string of the molecule is CC(=CCCl)C(=O)OCCN(C)C.[H-].[Na+]. The van der Waals surface area contributed by atoms with Crippen LogP contribution in [0.1, 0.15) is 8.35 Å². The minimum Gasteiger partial charge on any atom is -1.00 e. The summed E-state index contributed by atoms with van der Waals surface area (Å²) in [6.45, 7) is 2.85. The molecule has 0 unspecified atom stereocenters. The molecule has 0 aliphatic rings. The van der Waals surface area contributed by atoms with Crippen LogP contribution in [0.25, 0.3) is 0 Å². The Labute approximate surface area is 114 Å². The minimum atomic E-state index is -0.289. The van der Waals surface area contributed by atoms with E-state index >= 15 is 0 Å². The van der Waals surface area contributed by atoms with Crippen LogP contribution in [-0.2, 0) is 9.53 Å². The summed E-state index contributed by atoms with van der Waals surface area (Å²) in [6, 6.07) is 0. The molecule has 0 saturated heterocycles. The van der Waals surface area contributed by atoms with Crippen LogP contribution < -0.4 is 29.6 Å². The van der Waals surface area contributed by atoms with E-state index in [9.17, 15) is 4.79 Å². The average molecular weight is 230 g/mol. The Morgan fingerprint density at radius 3 is 2.57 bits per heavy atom. The molecule has 0 heterocycles. The maximum absolute atomic E-state index is 11.1. The van der Waals surface area contributed by atoms with E-state index in [1.54, 1.807) is 13.0 Å². The number of carbonyl (C=O) groups is 1. The van der Waals surface area contributed by atoms with E-state index in [4.69, 9.17) is 16.3 Å². The summed E-state index contributed by atoms with van der Waals surface area (Å²) in [7, 11) is 3.85. The third-order valence-electron chi connectivity index (χ3n) is 1.48. The van der Waals surface area contributed by atoms with Crippen molar-refractivity contribution < 1.29 is 40.5 Å². The number of likely N-dealkylation sites (N-methyl/N-ethyl adjacent to an activating group) is 1. The molecule has 0 aromatic heterocycles. The Kier molecular flexibility index (Phi) is 12.0. The molecule has 0 saturated carbocycles. The van der Waals surface area contributed by atoms with E-state index in [1.807, 2.05) is 19.0 Å². The first-order valence-corrected chi connectivity index (χ1v) is 4.66. The summed E-state index contributed by atoms with van der Waals surface area (Å²) in [5.74, 6) is 0.0525. The van der Waals surface area contributed by atoms with E-state index in [1.165, 1.54) is 0 Å². The molecule has 0 aliphatic heterocycles. The van der Waals surface area contributed by atoms with Gasteiger partial charge in [-0.15, -0.1) is 11.6 Å². The van der Waals surface area contributed by atoms with Crippen LogP contribution >= 0.6 is 11.6 Å². The van der Waals surface area contributed by atoms with Crippen LogP contribution in [0.4, 0.5) is 0 Å². The van der Waals surface area contributed by atoms with Gasteiger partial charge in [-0.3, -0.25) is 0 Å². The molecular weight excluding hydrogens is 213 g/mol. The monoisotopic (exact) mass is 229 g/mol. The molecule has 0 fully saturated rings. The van der Waals surface area contributed by atoms with Crippen LogP contribution in [-0.4, -0.2) is 44.0 Å². The second-order valence-electron chi connectivity index (χ2n) is 2.98. The molecule has 3 nitrogen and oxygen atoms in total. The largest absolute Gasteiger partial charge is 1.00 e. The molecule has 0 aromatic carbocycles. The van der Waals surface area contributed by atoms with Gasteiger partial charge in [-0.1, -0.05) is 6.08 Å². The first kappa shape index (κ1) is 16.9. The van der Waals surface area contributed by atoms with Gasteiger partial charge in [0.2, 0.25) is 0 Å². The zero-order valence-corrected chi connectivity index (χ0v) is 12.1. The zero-order chi connectivity index (χ0) is 10.3. The Balaban J connectivity index is -0.000000720. The Bertz CT molecular complexity index is 201. The van der Waals surface area contributed by atoms with Crippen LogP contribution in [0.5, 0.6) is 0 Å². The predicted molar refractivity (Wildman–Crippen MR) is 55.1 cm³/mol. The van der Waals surface area contributed by atoms with Gasteiger partial charge in [0.15, 0.2) is 0 Å². The summed E-state index contributed by atoms with van der Waals surface area (Å²) in [5.41, 5.74) is 0.564. The van der Waals surface area contributed by atoms with Gasteiger partial charge < -0.3 is 11.1 Å². The second-order valence-corrected chi connectivity index (χ2v) is 3.29. The smallest absolute Gasteiger partial charge is 1.00 e. The maximum Gasteiger partial charge on any atom is 1.00 e.